The highest BCUT2D eigenvalue weighted by Gasteiger charge is 2.24. The van der Waals surface area contributed by atoms with Crippen LogP contribution in [-0.4, -0.2) is 66.4 Å². The topological polar surface area (TPSA) is 78.7 Å². The van der Waals surface area contributed by atoms with Crippen molar-refractivity contribution in [3.63, 3.8) is 0 Å². The summed E-state index contributed by atoms with van der Waals surface area (Å²) in [6.07, 6.45) is 5.98. The first-order valence-electron chi connectivity index (χ1n) is 9.49. The number of rotatable bonds is 6. The van der Waals surface area contributed by atoms with E-state index in [1.807, 2.05) is 11.8 Å². The molecule has 0 aromatic carbocycles. The Balaban J connectivity index is 0.00000312. The molecule has 2 aliphatic rings. The van der Waals surface area contributed by atoms with Crippen LogP contribution in [0.15, 0.2) is 0 Å². The second-order valence-corrected chi connectivity index (χ2v) is 7.71. The summed E-state index contributed by atoms with van der Waals surface area (Å²) >= 11 is 0. The predicted octanol–water partition coefficient (Wildman–Crippen LogP) is 1.80. The van der Waals surface area contributed by atoms with Gasteiger partial charge >= 0.3 is 0 Å². The Bertz CT molecular complexity index is 429. The lowest BCUT2D eigenvalue weighted by Gasteiger charge is -2.35. The molecule has 0 aromatic rings. The Morgan fingerprint density at radius 2 is 1.81 bits per heavy atom. The van der Waals surface area contributed by atoms with Crippen LogP contribution in [0.25, 0.3) is 0 Å². The summed E-state index contributed by atoms with van der Waals surface area (Å²) in [6.45, 7) is 7.62. The molecular weight excluding hydrogens is 375 g/mol. The molecule has 154 valence electrons. The SMILES string of the molecule is CC(N)CCC(=O)N1CCN(CC(=O)NC2CCCC(C)C2)CC1.Cl.Cl. The number of piperazine rings is 1. The normalized spacial score (nSPS) is 24.8. The lowest BCUT2D eigenvalue weighted by Crippen LogP contribution is -2.52. The van der Waals surface area contributed by atoms with Crippen LogP contribution in [0.2, 0.25) is 0 Å². The molecule has 1 saturated heterocycles. The van der Waals surface area contributed by atoms with Gasteiger partial charge in [-0.15, -0.1) is 24.8 Å². The molecule has 0 bridgehead atoms. The van der Waals surface area contributed by atoms with E-state index < -0.39 is 0 Å². The molecule has 1 aliphatic heterocycles. The number of hydrogen-bond donors (Lipinski definition) is 2. The molecule has 3 unspecified atom stereocenters. The molecule has 1 aliphatic carbocycles. The van der Waals surface area contributed by atoms with E-state index in [1.165, 1.54) is 12.8 Å². The maximum atomic E-state index is 12.2. The van der Waals surface area contributed by atoms with E-state index in [0.717, 1.165) is 38.3 Å². The Morgan fingerprint density at radius 3 is 2.38 bits per heavy atom. The van der Waals surface area contributed by atoms with Crippen molar-refractivity contribution in [2.45, 2.75) is 64.5 Å². The quantitative estimate of drug-likeness (QED) is 0.699. The van der Waals surface area contributed by atoms with Crippen LogP contribution in [0.3, 0.4) is 0 Å². The number of carbonyl (C=O) groups is 2. The molecule has 2 rings (SSSR count). The maximum Gasteiger partial charge on any atom is 0.234 e. The van der Waals surface area contributed by atoms with Crippen molar-refractivity contribution in [3.05, 3.63) is 0 Å². The van der Waals surface area contributed by atoms with Gasteiger partial charge in [-0.05, 0) is 32.1 Å². The Morgan fingerprint density at radius 1 is 1.15 bits per heavy atom. The van der Waals surface area contributed by atoms with E-state index in [-0.39, 0.29) is 42.7 Å². The van der Waals surface area contributed by atoms with Gasteiger partial charge in [0.2, 0.25) is 11.8 Å². The third kappa shape index (κ3) is 8.89. The van der Waals surface area contributed by atoms with E-state index in [1.54, 1.807) is 0 Å². The minimum atomic E-state index is 0. The molecule has 0 radical (unpaired) electrons. The lowest BCUT2D eigenvalue weighted by molar-refractivity contribution is -0.133. The van der Waals surface area contributed by atoms with E-state index in [9.17, 15) is 9.59 Å². The van der Waals surface area contributed by atoms with Gasteiger partial charge in [0.25, 0.3) is 0 Å². The highest BCUT2D eigenvalue weighted by Crippen LogP contribution is 2.23. The second kappa shape index (κ2) is 12.8. The van der Waals surface area contributed by atoms with E-state index in [4.69, 9.17) is 5.73 Å². The first-order chi connectivity index (χ1) is 11.4. The van der Waals surface area contributed by atoms with Crippen LogP contribution in [0.5, 0.6) is 0 Å². The summed E-state index contributed by atoms with van der Waals surface area (Å²) in [5.41, 5.74) is 5.71. The Kier molecular flexibility index (Phi) is 12.5. The van der Waals surface area contributed by atoms with Crippen LogP contribution < -0.4 is 11.1 Å². The van der Waals surface area contributed by atoms with Crippen LogP contribution in [0, 0.1) is 5.92 Å². The fraction of sp³-hybridized carbons (Fsp3) is 0.889. The Labute approximate surface area is 170 Å². The molecule has 6 nitrogen and oxygen atoms in total. The van der Waals surface area contributed by atoms with Crippen molar-refractivity contribution in [1.29, 1.82) is 0 Å². The number of nitrogens with zero attached hydrogens (tertiary/aromatic N) is 2. The van der Waals surface area contributed by atoms with Crippen LogP contribution in [0.4, 0.5) is 0 Å². The van der Waals surface area contributed by atoms with Crippen molar-refractivity contribution in [2.24, 2.45) is 11.7 Å². The zero-order valence-electron chi connectivity index (χ0n) is 16.1. The van der Waals surface area contributed by atoms with Gasteiger partial charge < -0.3 is 16.0 Å². The molecule has 8 heteroatoms. The highest BCUT2D eigenvalue weighted by atomic mass is 35.5. The highest BCUT2D eigenvalue weighted by molar-refractivity contribution is 5.85. The summed E-state index contributed by atoms with van der Waals surface area (Å²) in [5.74, 6) is 1.04. The van der Waals surface area contributed by atoms with Gasteiger partial charge in [-0.3, -0.25) is 14.5 Å². The van der Waals surface area contributed by atoms with E-state index in [0.29, 0.717) is 32.1 Å². The minimum Gasteiger partial charge on any atom is -0.352 e. The smallest absolute Gasteiger partial charge is 0.234 e. The van der Waals surface area contributed by atoms with Gasteiger partial charge in [-0.25, -0.2) is 0 Å². The molecule has 3 N–H and O–H groups in total. The summed E-state index contributed by atoms with van der Waals surface area (Å²) in [7, 11) is 0. The fourth-order valence-electron chi connectivity index (χ4n) is 3.71. The molecule has 0 spiro atoms. The molecule has 2 amide bonds. The van der Waals surface area contributed by atoms with Crippen molar-refractivity contribution in [2.75, 3.05) is 32.7 Å². The lowest BCUT2D eigenvalue weighted by atomic mass is 9.87. The first kappa shape index (κ1) is 25.4. The second-order valence-electron chi connectivity index (χ2n) is 7.71. The molecule has 1 heterocycles. The van der Waals surface area contributed by atoms with Gasteiger partial charge in [0, 0.05) is 44.7 Å². The van der Waals surface area contributed by atoms with Crippen molar-refractivity contribution < 1.29 is 9.59 Å². The monoisotopic (exact) mass is 410 g/mol. The summed E-state index contributed by atoms with van der Waals surface area (Å²) < 4.78 is 0. The maximum absolute atomic E-state index is 12.2. The summed E-state index contributed by atoms with van der Waals surface area (Å²) in [4.78, 5) is 28.4. The first-order valence-corrected chi connectivity index (χ1v) is 9.49. The fourth-order valence-corrected chi connectivity index (χ4v) is 3.71. The zero-order chi connectivity index (χ0) is 17.5. The summed E-state index contributed by atoms with van der Waals surface area (Å²) in [6, 6.07) is 0.420. The third-order valence-electron chi connectivity index (χ3n) is 5.21. The van der Waals surface area contributed by atoms with E-state index in [2.05, 4.69) is 17.1 Å². The van der Waals surface area contributed by atoms with Gasteiger partial charge in [0.05, 0.1) is 6.54 Å². The number of carbonyl (C=O) groups excluding carboxylic acids is 2. The third-order valence-corrected chi connectivity index (χ3v) is 5.21. The number of halogens is 2. The molecule has 2 fully saturated rings. The number of hydrogen-bond acceptors (Lipinski definition) is 4. The van der Waals surface area contributed by atoms with Crippen molar-refractivity contribution in [3.8, 4) is 0 Å². The van der Waals surface area contributed by atoms with Crippen molar-refractivity contribution >= 4 is 36.6 Å². The number of nitrogens with one attached hydrogen (secondary N) is 1. The summed E-state index contributed by atoms with van der Waals surface area (Å²) in [5, 5.41) is 3.19. The molecule has 3 atom stereocenters. The number of amides is 2. The molecule has 0 aromatic heterocycles. The molecule has 26 heavy (non-hydrogen) atoms. The van der Waals surface area contributed by atoms with Gasteiger partial charge in [0.1, 0.15) is 0 Å². The molecule has 1 saturated carbocycles. The van der Waals surface area contributed by atoms with Crippen molar-refractivity contribution in [1.82, 2.24) is 15.1 Å². The average molecular weight is 411 g/mol. The minimum absolute atomic E-state index is 0. The largest absolute Gasteiger partial charge is 0.352 e. The van der Waals surface area contributed by atoms with Gasteiger partial charge in [-0.2, -0.15) is 0 Å². The standard InChI is InChI=1S/C18H34N4O2.2ClH/c1-14-4-3-5-16(12-14)20-17(23)13-21-8-10-22(11-9-21)18(24)7-6-15(2)19;;/h14-16H,3-13,19H2,1-2H3,(H,20,23);2*1H. The molecular formula is C18H36Cl2N4O2. The van der Waals surface area contributed by atoms with Crippen LogP contribution in [-0.2, 0) is 9.59 Å². The average Bonchev–Trinajstić information content (AvgIpc) is 2.53. The van der Waals surface area contributed by atoms with Crippen LogP contribution >= 0.6 is 24.8 Å². The zero-order valence-corrected chi connectivity index (χ0v) is 17.7. The van der Waals surface area contributed by atoms with Gasteiger partial charge in [0.15, 0.2) is 0 Å². The van der Waals surface area contributed by atoms with E-state index >= 15 is 0 Å². The van der Waals surface area contributed by atoms with Gasteiger partial charge in [-0.1, -0.05) is 19.8 Å². The number of nitrogens with two attached hydrogens (primary N) is 1. The predicted molar refractivity (Wildman–Crippen MR) is 110 cm³/mol. The Hall–Kier alpha value is -0.560. The van der Waals surface area contributed by atoms with Crippen LogP contribution in [0.1, 0.15) is 52.4 Å².